The van der Waals surface area contributed by atoms with Gasteiger partial charge in [0.1, 0.15) is 0 Å². The van der Waals surface area contributed by atoms with Gasteiger partial charge in [0.15, 0.2) is 0 Å². The Bertz CT molecular complexity index is 294. The van der Waals surface area contributed by atoms with Crippen molar-refractivity contribution in [3.8, 4) is 0 Å². The molecule has 0 fully saturated rings. The van der Waals surface area contributed by atoms with Crippen molar-refractivity contribution >= 4 is 5.91 Å². The Balaban J connectivity index is 2.59. The summed E-state index contributed by atoms with van der Waals surface area (Å²) in [5, 5.41) is 2.50. The summed E-state index contributed by atoms with van der Waals surface area (Å²) in [6, 6.07) is -0.500. The summed E-state index contributed by atoms with van der Waals surface area (Å²) in [5.74, 6) is -0.152. The van der Waals surface area contributed by atoms with Crippen LogP contribution in [0.1, 0.15) is 5.69 Å². The van der Waals surface area contributed by atoms with E-state index in [2.05, 4.69) is 10.3 Å². The number of aryl methyl sites for hydroxylation is 1. The lowest BCUT2D eigenvalue weighted by molar-refractivity contribution is -0.121. The zero-order valence-corrected chi connectivity index (χ0v) is 7.82. The minimum atomic E-state index is -0.500. The van der Waals surface area contributed by atoms with Crippen LogP contribution in [-0.4, -0.2) is 28.5 Å². The van der Waals surface area contributed by atoms with Crippen molar-refractivity contribution in [3.05, 3.63) is 18.2 Å². The maximum Gasteiger partial charge on any atom is 0.237 e. The first kappa shape index (κ1) is 9.73. The number of nitrogens with one attached hydrogen (secondary N) is 1. The van der Waals surface area contributed by atoms with Crippen molar-refractivity contribution in [2.75, 3.05) is 7.05 Å². The highest BCUT2D eigenvalue weighted by Gasteiger charge is 2.13. The largest absolute Gasteiger partial charge is 0.358 e. The Labute approximate surface area is 76.9 Å². The molecule has 5 nitrogen and oxygen atoms in total. The lowest BCUT2D eigenvalue weighted by atomic mass is 10.1. The molecule has 0 saturated carbocycles. The molecule has 0 aromatic carbocycles. The Morgan fingerprint density at radius 3 is 3.00 bits per heavy atom. The molecule has 0 aliphatic rings. The third-order valence-corrected chi connectivity index (χ3v) is 1.93. The van der Waals surface area contributed by atoms with Crippen LogP contribution in [-0.2, 0) is 18.3 Å². The minimum Gasteiger partial charge on any atom is -0.358 e. The highest BCUT2D eigenvalue weighted by molar-refractivity contribution is 5.81. The molecule has 1 heterocycles. The molecule has 0 spiro atoms. The van der Waals surface area contributed by atoms with Gasteiger partial charge < -0.3 is 15.6 Å². The van der Waals surface area contributed by atoms with E-state index in [1.54, 1.807) is 19.6 Å². The van der Waals surface area contributed by atoms with Crippen molar-refractivity contribution in [2.24, 2.45) is 12.8 Å². The average molecular weight is 182 g/mol. The Morgan fingerprint density at radius 1 is 1.85 bits per heavy atom. The van der Waals surface area contributed by atoms with Gasteiger partial charge in [-0.1, -0.05) is 0 Å². The van der Waals surface area contributed by atoms with Crippen molar-refractivity contribution in [3.63, 3.8) is 0 Å². The lowest BCUT2D eigenvalue weighted by Crippen LogP contribution is -2.40. The number of hydrogen-bond donors (Lipinski definition) is 2. The van der Waals surface area contributed by atoms with Gasteiger partial charge in [0.2, 0.25) is 5.91 Å². The summed E-state index contributed by atoms with van der Waals surface area (Å²) < 4.78 is 1.85. The number of hydrogen-bond acceptors (Lipinski definition) is 3. The van der Waals surface area contributed by atoms with Gasteiger partial charge in [-0.25, -0.2) is 4.98 Å². The van der Waals surface area contributed by atoms with Crippen LogP contribution in [0.3, 0.4) is 0 Å². The number of aromatic nitrogens is 2. The van der Waals surface area contributed by atoms with Gasteiger partial charge in [0, 0.05) is 32.4 Å². The second-order valence-corrected chi connectivity index (χ2v) is 2.92. The predicted molar refractivity (Wildman–Crippen MR) is 49.0 cm³/mol. The molecule has 1 atom stereocenters. The van der Waals surface area contributed by atoms with E-state index < -0.39 is 6.04 Å². The van der Waals surface area contributed by atoms with Crippen LogP contribution < -0.4 is 11.1 Å². The summed E-state index contributed by atoms with van der Waals surface area (Å²) in [6.07, 6.45) is 3.91. The lowest BCUT2D eigenvalue weighted by Gasteiger charge is -2.09. The molecular formula is C8H14N4O. The molecule has 1 aromatic heterocycles. The van der Waals surface area contributed by atoms with Gasteiger partial charge in [0.05, 0.1) is 12.4 Å². The van der Waals surface area contributed by atoms with E-state index in [0.717, 1.165) is 5.69 Å². The number of amides is 1. The van der Waals surface area contributed by atoms with Crippen LogP contribution in [0.4, 0.5) is 0 Å². The maximum atomic E-state index is 11.1. The Hall–Kier alpha value is -1.36. The molecule has 1 rings (SSSR count). The molecule has 5 heteroatoms. The fourth-order valence-electron chi connectivity index (χ4n) is 1.08. The second kappa shape index (κ2) is 4.04. The van der Waals surface area contributed by atoms with Crippen LogP contribution in [0.2, 0.25) is 0 Å². The summed E-state index contributed by atoms with van der Waals surface area (Å²) in [6.45, 7) is 0. The van der Waals surface area contributed by atoms with Crippen molar-refractivity contribution in [1.82, 2.24) is 14.9 Å². The van der Waals surface area contributed by atoms with Crippen molar-refractivity contribution in [2.45, 2.75) is 12.5 Å². The summed E-state index contributed by atoms with van der Waals surface area (Å²) in [7, 11) is 3.45. The number of imidazole rings is 1. The molecular weight excluding hydrogens is 168 g/mol. The van der Waals surface area contributed by atoms with E-state index in [1.165, 1.54) is 0 Å². The predicted octanol–water partition coefficient (Wildman–Crippen LogP) is -0.964. The first-order valence-electron chi connectivity index (χ1n) is 4.07. The monoisotopic (exact) mass is 182 g/mol. The standard InChI is InChI=1S/C8H14N4O/c1-10-8(13)7(9)3-6-4-11-5-12(6)2/h4-5,7H,3,9H2,1-2H3,(H,10,13). The van der Waals surface area contributed by atoms with Gasteiger partial charge in [-0.2, -0.15) is 0 Å². The molecule has 1 unspecified atom stereocenters. The normalized spacial score (nSPS) is 12.5. The fraction of sp³-hybridized carbons (Fsp3) is 0.500. The molecule has 72 valence electrons. The molecule has 0 bridgehead atoms. The number of nitrogens with zero attached hydrogens (tertiary/aromatic N) is 2. The molecule has 0 saturated heterocycles. The van der Waals surface area contributed by atoms with Gasteiger partial charge in [-0.05, 0) is 0 Å². The van der Waals surface area contributed by atoms with Gasteiger partial charge in [-0.3, -0.25) is 4.79 Å². The topological polar surface area (TPSA) is 72.9 Å². The smallest absolute Gasteiger partial charge is 0.237 e. The Kier molecular flexibility index (Phi) is 3.02. The van der Waals surface area contributed by atoms with E-state index in [4.69, 9.17) is 5.73 Å². The summed E-state index contributed by atoms with van der Waals surface area (Å²) >= 11 is 0. The van der Waals surface area contributed by atoms with E-state index in [1.807, 2.05) is 11.6 Å². The summed E-state index contributed by atoms with van der Waals surface area (Å²) in [4.78, 5) is 15.0. The van der Waals surface area contributed by atoms with Crippen LogP contribution in [0.25, 0.3) is 0 Å². The molecule has 0 aliphatic heterocycles. The molecule has 3 N–H and O–H groups in total. The van der Waals surface area contributed by atoms with E-state index in [9.17, 15) is 4.79 Å². The third-order valence-electron chi connectivity index (χ3n) is 1.93. The van der Waals surface area contributed by atoms with Gasteiger partial charge in [-0.15, -0.1) is 0 Å². The van der Waals surface area contributed by atoms with E-state index >= 15 is 0 Å². The van der Waals surface area contributed by atoms with Crippen LogP contribution >= 0.6 is 0 Å². The van der Waals surface area contributed by atoms with Crippen LogP contribution in [0, 0.1) is 0 Å². The molecule has 13 heavy (non-hydrogen) atoms. The highest BCUT2D eigenvalue weighted by atomic mass is 16.2. The number of carbonyl (C=O) groups excluding carboxylic acids is 1. The number of rotatable bonds is 3. The number of carbonyl (C=O) groups is 1. The Morgan fingerprint density at radius 2 is 2.54 bits per heavy atom. The first-order valence-corrected chi connectivity index (χ1v) is 4.07. The maximum absolute atomic E-state index is 11.1. The molecule has 1 amide bonds. The quantitative estimate of drug-likeness (QED) is 0.632. The molecule has 0 radical (unpaired) electrons. The first-order chi connectivity index (χ1) is 6.15. The van der Waals surface area contributed by atoms with Gasteiger partial charge in [0.25, 0.3) is 0 Å². The van der Waals surface area contributed by atoms with E-state index in [-0.39, 0.29) is 5.91 Å². The van der Waals surface area contributed by atoms with Crippen LogP contribution in [0.5, 0.6) is 0 Å². The molecule has 1 aromatic rings. The zero-order valence-electron chi connectivity index (χ0n) is 7.82. The SMILES string of the molecule is CNC(=O)C(N)Cc1cncn1C. The van der Waals surface area contributed by atoms with Crippen molar-refractivity contribution < 1.29 is 4.79 Å². The fourth-order valence-corrected chi connectivity index (χ4v) is 1.08. The number of nitrogens with two attached hydrogens (primary N) is 1. The zero-order chi connectivity index (χ0) is 9.84. The number of likely N-dealkylation sites (N-methyl/N-ethyl adjacent to an activating group) is 1. The second-order valence-electron chi connectivity index (χ2n) is 2.92. The summed E-state index contributed by atoms with van der Waals surface area (Å²) in [5.41, 5.74) is 6.59. The van der Waals surface area contributed by atoms with Crippen molar-refractivity contribution in [1.29, 1.82) is 0 Å². The third kappa shape index (κ3) is 2.29. The average Bonchev–Trinajstić information content (AvgIpc) is 2.50. The molecule has 0 aliphatic carbocycles. The minimum absolute atomic E-state index is 0.152. The van der Waals surface area contributed by atoms with E-state index in [0.29, 0.717) is 6.42 Å². The van der Waals surface area contributed by atoms with Gasteiger partial charge >= 0.3 is 0 Å². The van der Waals surface area contributed by atoms with Crippen LogP contribution in [0.15, 0.2) is 12.5 Å². The highest BCUT2D eigenvalue weighted by Crippen LogP contribution is 1.99.